The molecule has 1 amide bonds. The summed E-state index contributed by atoms with van der Waals surface area (Å²) in [6.07, 6.45) is 0.601. The van der Waals surface area contributed by atoms with Gasteiger partial charge in [0.15, 0.2) is 0 Å². The highest BCUT2D eigenvalue weighted by Crippen LogP contribution is 2.10. The second-order valence-electron chi connectivity index (χ2n) is 6.38. The van der Waals surface area contributed by atoms with Gasteiger partial charge in [-0.3, -0.25) is 9.69 Å². The van der Waals surface area contributed by atoms with Gasteiger partial charge in [0.1, 0.15) is 0 Å². The van der Waals surface area contributed by atoms with Crippen molar-refractivity contribution in [2.75, 3.05) is 26.2 Å². The van der Waals surface area contributed by atoms with Crippen molar-refractivity contribution in [3.63, 3.8) is 0 Å². The summed E-state index contributed by atoms with van der Waals surface area (Å²) in [4.78, 5) is 16.9. The minimum Gasteiger partial charge on any atom is -0.339 e. The van der Waals surface area contributed by atoms with Crippen LogP contribution >= 0.6 is 12.4 Å². The molecule has 0 radical (unpaired) electrons. The number of nitrogens with two attached hydrogens (primary N) is 1. The lowest BCUT2D eigenvalue weighted by Gasteiger charge is -2.36. The number of rotatable bonds is 5. The Hall–Kier alpha value is -1.88. The first-order valence-electron chi connectivity index (χ1n) is 8.57. The molecule has 1 aliphatic rings. The summed E-state index contributed by atoms with van der Waals surface area (Å²) in [5.41, 5.74) is 8.56. The second-order valence-corrected chi connectivity index (χ2v) is 6.38. The Morgan fingerprint density at radius 3 is 1.96 bits per heavy atom. The summed E-state index contributed by atoms with van der Waals surface area (Å²) in [6, 6.07) is 20.0. The Balaban J connectivity index is 0.00000225. The van der Waals surface area contributed by atoms with Gasteiger partial charge in [-0.1, -0.05) is 60.7 Å². The van der Waals surface area contributed by atoms with Gasteiger partial charge in [-0.25, -0.2) is 0 Å². The number of halogens is 1. The van der Waals surface area contributed by atoms with Gasteiger partial charge in [-0.05, 0) is 17.5 Å². The normalized spacial score (nSPS) is 16.1. The fourth-order valence-electron chi connectivity index (χ4n) is 3.16. The first kappa shape index (κ1) is 19.4. The van der Waals surface area contributed by atoms with Crippen molar-refractivity contribution in [2.45, 2.75) is 19.0 Å². The highest BCUT2D eigenvalue weighted by molar-refractivity contribution is 5.85. The first-order chi connectivity index (χ1) is 11.7. The molecule has 1 aliphatic heterocycles. The van der Waals surface area contributed by atoms with E-state index in [9.17, 15) is 4.79 Å². The predicted octanol–water partition coefficient (Wildman–Crippen LogP) is 2.32. The van der Waals surface area contributed by atoms with Gasteiger partial charge in [0, 0.05) is 32.7 Å². The second kappa shape index (κ2) is 9.56. The molecule has 2 aromatic carbocycles. The highest BCUT2D eigenvalue weighted by Gasteiger charge is 2.25. The molecule has 1 fully saturated rings. The Morgan fingerprint density at radius 2 is 1.40 bits per heavy atom. The monoisotopic (exact) mass is 359 g/mol. The van der Waals surface area contributed by atoms with E-state index < -0.39 is 6.04 Å². The molecule has 25 heavy (non-hydrogen) atoms. The van der Waals surface area contributed by atoms with Gasteiger partial charge in [-0.2, -0.15) is 0 Å². The molecular formula is C20H26ClN3O. The van der Waals surface area contributed by atoms with E-state index in [0.717, 1.165) is 38.3 Å². The van der Waals surface area contributed by atoms with Crippen LogP contribution in [0.1, 0.15) is 11.1 Å². The van der Waals surface area contributed by atoms with Crippen LogP contribution in [0.5, 0.6) is 0 Å². The van der Waals surface area contributed by atoms with Crippen molar-refractivity contribution in [1.29, 1.82) is 0 Å². The molecule has 5 heteroatoms. The van der Waals surface area contributed by atoms with E-state index in [1.54, 1.807) is 0 Å². The predicted molar refractivity (Wildman–Crippen MR) is 104 cm³/mol. The summed E-state index contributed by atoms with van der Waals surface area (Å²) < 4.78 is 0. The number of hydrogen-bond donors (Lipinski definition) is 1. The summed E-state index contributed by atoms with van der Waals surface area (Å²) in [7, 11) is 0. The third-order valence-corrected chi connectivity index (χ3v) is 4.55. The largest absolute Gasteiger partial charge is 0.339 e. The fourth-order valence-corrected chi connectivity index (χ4v) is 3.16. The Labute approximate surface area is 156 Å². The Bertz CT molecular complexity index is 643. The molecule has 4 nitrogen and oxygen atoms in total. The van der Waals surface area contributed by atoms with Crippen LogP contribution in [0.2, 0.25) is 0 Å². The SMILES string of the molecule is Cl.NC(Cc1ccccc1)C(=O)N1CCN(Cc2ccccc2)CC1. The molecular weight excluding hydrogens is 334 g/mol. The zero-order chi connectivity index (χ0) is 16.8. The molecule has 0 aliphatic carbocycles. The lowest BCUT2D eigenvalue weighted by molar-refractivity contribution is -0.134. The van der Waals surface area contributed by atoms with E-state index >= 15 is 0 Å². The van der Waals surface area contributed by atoms with Crippen molar-refractivity contribution in [1.82, 2.24) is 9.80 Å². The van der Waals surface area contributed by atoms with Crippen LogP contribution in [0, 0.1) is 0 Å². The third kappa shape index (κ3) is 5.56. The van der Waals surface area contributed by atoms with Crippen LogP contribution in [-0.4, -0.2) is 47.9 Å². The van der Waals surface area contributed by atoms with Gasteiger partial charge < -0.3 is 10.6 Å². The lowest BCUT2D eigenvalue weighted by atomic mass is 10.1. The molecule has 2 N–H and O–H groups in total. The average Bonchev–Trinajstić information content (AvgIpc) is 2.63. The van der Waals surface area contributed by atoms with Gasteiger partial charge in [0.25, 0.3) is 0 Å². The molecule has 1 saturated heterocycles. The van der Waals surface area contributed by atoms with E-state index in [4.69, 9.17) is 5.73 Å². The molecule has 0 saturated carbocycles. The summed E-state index contributed by atoms with van der Waals surface area (Å²) >= 11 is 0. The summed E-state index contributed by atoms with van der Waals surface area (Å²) in [5, 5.41) is 0. The van der Waals surface area contributed by atoms with Crippen LogP contribution in [-0.2, 0) is 17.8 Å². The zero-order valence-electron chi connectivity index (χ0n) is 14.4. The van der Waals surface area contributed by atoms with Crippen molar-refractivity contribution < 1.29 is 4.79 Å². The number of hydrogen-bond acceptors (Lipinski definition) is 3. The molecule has 0 bridgehead atoms. The minimum absolute atomic E-state index is 0. The molecule has 0 aromatic heterocycles. The van der Waals surface area contributed by atoms with Crippen molar-refractivity contribution in [2.24, 2.45) is 5.73 Å². The van der Waals surface area contributed by atoms with E-state index in [0.29, 0.717) is 6.42 Å². The summed E-state index contributed by atoms with van der Waals surface area (Å²) in [6.45, 7) is 4.26. The molecule has 1 unspecified atom stereocenters. The van der Waals surface area contributed by atoms with E-state index in [-0.39, 0.29) is 18.3 Å². The van der Waals surface area contributed by atoms with Crippen LogP contribution in [0.15, 0.2) is 60.7 Å². The Morgan fingerprint density at radius 1 is 0.880 bits per heavy atom. The van der Waals surface area contributed by atoms with Gasteiger partial charge >= 0.3 is 0 Å². The van der Waals surface area contributed by atoms with Crippen LogP contribution in [0.4, 0.5) is 0 Å². The van der Waals surface area contributed by atoms with Crippen LogP contribution < -0.4 is 5.73 Å². The number of benzene rings is 2. The van der Waals surface area contributed by atoms with Crippen molar-refractivity contribution >= 4 is 18.3 Å². The molecule has 2 aromatic rings. The molecule has 0 spiro atoms. The number of nitrogens with zero attached hydrogens (tertiary/aromatic N) is 2. The number of amides is 1. The third-order valence-electron chi connectivity index (χ3n) is 4.55. The minimum atomic E-state index is -0.451. The maximum Gasteiger partial charge on any atom is 0.239 e. The molecule has 1 atom stereocenters. The number of carbonyl (C=O) groups excluding carboxylic acids is 1. The lowest BCUT2D eigenvalue weighted by Crippen LogP contribution is -2.53. The van der Waals surface area contributed by atoms with Crippen LogP contribution in [0.25, 0.3) is 0 Å². The van der Waals surface area contributed by atoms with E-state index in [1.807, 2.05) is 41.3 Å². The van der Waals surface area contributed by atoms with Crippen molar-refractivity contribution in [3.05, 3.63) is 71.8 Å². The zero-order valence-corrected chi connectivity index (χ0v) is 15.2. The van der Waals surface area contributed by atoms with Crippen molar-refractivity contribution in [3.8, 4) is 0 Å². The first-order valence-corrected chi connectivity index (χ1v) is 8.57. The van der Waals surface area contributed by atoms with E-state index in [1.165, 1.54) is 5.56 Å². The van der Waals surface area contributed by atoms with Gasteiger partial charge in [0.2, 0.25) is 5.91 Å². The molecule has 134 valence electrons. The van der Waals surface area contributed by atoms with E-state index in [2.05, 4.69) is 29.2 Å². The Kier molecular flexibility index (Phi) is 7.44. The standard InChI is InChI=1S/C20H25N3O.ClH/c21-19(15-17-7-3-1-4-8-17)20(24)23-13-11-22(12-14-23)16-18-9-5-2-6-10-18;/h1-10,19H,11-16,21H2;1H. The quantitative estimate of drug-likeness (QED) is 0.891. The topological polar surface area (TPSA) is 49.6 Å². The molecule has 1 heterocycles. The van der Waals surface area contributed by atoms with Gasteiger partial charge in [0.05, 0.1) is 6.04 Å². The average molecular weight is 360 g/mol. The number of carbonyl (C=O) groups is 1. The highest BCUT2D eigenvalue weighted by atomic mass is 35.5. The number of piperazine rings is 1. The summed E-state index contributed by atoms with van der Waals surface area (Å²) in [5.74, 6) is 0.0678. The maximum atomic E-state index is 12.5. The van der Waals surface area contributed by atoms with Gasteiger partial charge in [-0.15, -0.1) is 12.4 Å². The smallest absolute Gasteiger partial charge is 0.239 e. The van der Waals surface area contributed by atoms with Crippen LogP contribution in [0.3, 0.4) is 0 Å². The fraction of sp³-hybridized carbons (Fsp3) is 0.350. The molecule has 3 rings (SSSR count). The maximum absolute atomic E-state index is 12.5.